The van der Waals surface area contributed by atoms with Gasteiger partial charge in [-0.3, -0.25) is 4.57 Å². The Morgan fingerprint density at radius 2 is 2.00 bits per heavy atom. The minimum absolute atomic E-state index is 0.206. The quantitative estimate of drug-likeness (QED) is 0.705. The summed E-state index contributed by atoms with van der Waals surface area (Å²) in [5, 5.41) is 11.2. The number of rotatable bonds is 2. The van der Waals surface area contributed by atoms with E-state index in [0.29, 0.717) is 11.2 Å². The van der Waals surface area contributed by atoms with E-state index >= 15 is 0 Å². The fraction of sp³-hybridized carbons (Fsp3) is 0.214. The second-order valence-electron chi connectivity index (χ2n) is 4.75. The molecule has 0 fully saturated rings. The van der Waals surface area contributed by atoms with Crippen LogP contribution < -0.4 is 0 Å². The van der Waals surface area contributed by atoms with Gasteiger partial charge in [-0.1, -0.05) is 18.2 Å². The van der Waals surface area contributed by atoms with Crippen LogP contribution in [0.25, 0.3) is 10.9 Å². The van der Waals surface area contributed by atoms with Crippen molar-refractivity contribution in [1.82, 2.24) is 14.1 Å². The lowest BCUT2D eigenvalue weighted by Crippen LogP contribution is -1.89. The minimum Gasteiger partial charge on any atom is -0.493 e. The molecule has 1 aromatic carbocycles. The lowest BCUT2D eigenvalue weighted by molar-refractivity contribution is 0.426. The number of aryl methyl sites for hydroxylation is 1. The summed E-state index contributed by atoms with van der Waals surface area (Å²) >= 11 is 5.12. The van der Waals surface area contributed by atoms with Crippen LogP contribution in [0.5, 0.6) is 5.88 Å². The topological polar surface area (TPSA) is 45.9 Å². The van der Waals surface area contributed by atoms with Gasteiger partial charge in [-0.2, -0.15) is 0 Å². The molecule has 0 aliphatic carbocycles. The van der Waals surface area contributed by atoms with Crippen LogP contribution in [-0.2, 0) is 20.5 Å². The number of aromatic hydroxyl groups is 1. The molecule has 2 heterocycles. The van der Waals surface area contributed by atoms with Crippen LogP contribution in [0.3, 0.4) is 0 Å². The van der Waals surface area contributed by atoms with Gasteiger partial charge >= 0.3 is 0 Å². The summed E-state index contributed by atoms with van der Waals surface area (Å²) in [4.78, 5) is 3.05. The molecule has 0 saturated heterocycles. The Morgan fingerprint density at radius 3 is 2.68 bits per heavy atom. The molecule has 0 spiro atoms. The van der Waals surface area contributed by atoms with E-state index in [0.717, 1.165) is 5.69 Å². The van der Waals surface area contributed by atoms with E-state index in [9.17, 15) is 5.11 Å². The molecule has 0 amide bonds. The molecule has 98 valence electrons. The van der Waals surface area contributed by atoms with Crippen LogP contribution in [0.1, 0.15) is 11.3 Å². The lowest BCUT2D eigenvalue weighted by atomic mass is 10.1. The molecule has 3 rings (SSSR count). The highest BCUT2D eigenvalue weighted by Gasteiger charge is 2.12. The smallest absolute Gasteiger partial charge is 0.213 e. The van der Waals surface area contributed by atoms with Crippen molar-refractivity contribution in [3.63, 3.8) is 0 Å². The molecule has 0 saturated carbocycles. The number of H-pyrrole nitrogens is 1. The zero-order valence-corrected chi connectivity index (χ0v) is 11.7. The molecule has 19 heavy (non-hydrogen) atoms. The van der Waals surface area contributed by atoms with E-state index in [1.807, 2.05) is 19.2 Å². The van der Waals surface area contributed by atoms with Crippen LogP contribution in [0.15, 0.2) is 30.5 Å². The highest BCUT2D eigenvalue weighted by molar-refractivity contribution is 7.71. The zero-order chi connectivity index (χ0) is 13.6. The zero-order valence-electron chi connectivity index (χ0n) is 10.8. The van der Waals surface area contributed by atoms with Crippen LogP contribution in [0.4, 0.5) is 0 Å². The molecular weight excluding hydrogens is 258 g/mol. The SMILES string of the molecule is Cn1c(O)c(Cc2cn(C)c3ccccc23)[nH]c1=S. The first-order chi connectivity index (χ1) is 9.08. The van der Waals surface area contributed by atoms with Crippen LogP contribution >= 0.6 is 12.2 Å². The first kappa shape index (κ1) is 12.0. The Labute approximate surface area is 115 Å². The van der Waals surface area contributed by atoms with Gasteiger partial charge in [-0.15, -0.1) is 0 Å². The van der Waals surface area contributed by atoms with Gasteiger partial charge in [0, 0.05) is 37.6 Å². The van der Waals surface area contributed by atoms with Crippen LogP contribution in [0.2, 0.25) is 0 Å². The highest BCUT2D eigenvalue weighted by atomic mass is 32.1. The second-order valence-corrected chi connectivity index (χ2v) is 5.14. The normalized spacial score (nSPS) is 11.3. The Kier molecular flexibility index (Phi) is 2.71. The largest absolute Gasteiger partial charge is 0.493 e. The van der Waals surface area contributed by atoms with Crippen molar-refractivity contribution in [1.29, 1.82) is 0 Å². The van der Waals surface area contributed by atoms with Gasteiger partial charge in [0.15, 0.2) is 4.77 Å². The maximum atomic E-state index is 10.0. The number of imidazole rings is 1. The summed E-state index contributed by atoms with van der Waals surface area (Å²) in [5.41, 5.74) is 3.11. The third-order valence-electron chi connectivity index (χ3n) is 3.50. The molecule has 0 atom stereocenters. The molecule has 0 aliphatic heterocycles. The van der Waals surface area contributed by atoms with Gasteiger partial charge in [0.2, 0.25) is 5.88 Å². The monoisotopic (exact) mass is 273 g/mol. The van der Waals surface area contributed by atoms with E-state index in [2.05, 4.69) is 27.9 Å². The van der Waals surface area contributed by atoms with Gasteiger partial charge in [-0.05, 0) is 23.8 Å². The van der Waals surface area contributed by atoms with Crippen molar-refractivity contribution in [2.75, 3.05) is 0 Å². The predicted molar refractivity (Wildman–Crippen MR) is 78.0 cm³/mol. The van der Waals surface area contributed by atoms with Gasteiger partial charge in [-0.25, -0.2) is 0 Å². The number of nitrogens with one attached hydrogen (secondary N) is 1. The average molecular weight is 273 g/mol. The maximum absolute atomic E-state index is 10.0. The third kappa shape index (κ3) is 1.86. The van der Waals surface area contributed by atoms with Gasteiger partial charge in [0.05, 0.1) is 5.69 Å². The summed E-state index contributed by atoms with van der Waals surface area (Å²) < 4.78 is 4.21. The fourth-order valence-corrected chi connectivity index (χ4v) is 2.66. The molecular formula is C14H15N3OS. The van der Waals surface area contributed by atoms with Crippen LogP contribution in [-0.4, -0.2) is 19.2 Å². The Bertz CT molecular complexity index is 810. The van der Waals surface area contributed by atoms with Crippen molar-refractivity contribution < 1.29 is 5.11 Å². The van der Waals surface area contributed by atoms with Crippen molar-refractivity contribution in [3.05, 3.63) is 46.5 Å². The molecule has 0 unspecified atom stereocenters. The Morgan fingerprint density at radius 1 is 1.26 bits per heavy atom. The molecule has 2 aromatic heterocycles. The van der Waals surface area contributed by atoms with E-state index in [4.69, 9.17) is 12.2 Å². The predicted octanol–water partition coefficient (Wildman–Crippen LogP) is 2.87. The number of aromatic amines is 1. The van der Waals surface area contributed by atoms with Gasteiger partial charge in [0.25, 0.3) is 0 Å². The Hall–Kier alpha value is -2.01. The number of para-hydroxylation sites is 1. The summed E-state index contributed by atoms with van der Waals surface area (Å²) in [6.07, 6.45) is 2.73. The van der Waals surface area contributed by atoms with E-state index in [1.165, 1.54) is 16.5 Å². The van der Waals surface area contributed by atoms with Crippen molar-refractivity contribution >= 4 is 23.1 Å². The van der Waals surface area contributed by atoms with E-state index in [-0.39, 0.29) is 5.88 Å². The highest BCUT2D eigenvalue weighted by Crippen LogP contribution is 2.25. The molecule has 4 nitrogen and oxygen atoms in total. The summed E-state index contributed by atoms with van der Waals surface area (Å²) in [7, 11) is 3.78. The molecule has 2 N–H and O–H groups in total. The van der Waals surface area contributed by atoms with Crippen molar-refractivity contribution in [2.45, 2.75) is 6.42 Å². The Balaban J connectivity index is 2.11. The number of fused-ring (bicyclic) bond motifs is 1. The molecule has 0 bridgehead atoms. The number of nitrogens with zero attached hydrogens (tertiary/aromatic N) is 2. The summed E-state index contributed by atoms with van der Waals surface area (Å²) in [5.74, 6) is 0.206. The first-order valence-electron chi connectivity index (χ1n) is 6.07. The van der Waals surface area contributed by atoms with Crippen molar-refractivity contribution in [2.24, 2.45) is 14.1 Å². The summed E-state index contributed by atoms with van der Waals surface area (Å²) in [6, 6.07) is 8.24. The standard InChI is InChI=1S/C14H15N3OS/c1-16-8-9(10-5-3-4-6-12(10)16)7-11-13(18)17(2)14(19)15-11/h3-6,8,18H,7H2,1-2H3,(H,15,19). The number of hydrogen-bond acceptors (Lipinski definition) is 2. The molecule has 0 radical (unpaired) electrons. The average Bonchev–Trinajstić information content (AvgIpc) is 2.84. The van der Waals surface area contributed by atoms with E-state index in [1.54, 1.807) is 11.6 Å². The van der Waals surface area contributed by atoms with Gasteiger partial charge in [0.1, 0.15) is 0 Å². The number of aromatic nitrogens is 3. The van der Waals surface area contributed by atoms with Crippen LogP contribution in [0, 0.1) is 4.77 Å². The van der Waals surface area contributed by atoms with E-state index < -0.39 is 0 Å². The number of benzene rings is 1. The molecule has 5 heteroatoms. The lowest BCUT2D eigenvalue weighted by Gasteiger charge is -1.99. The van der Waals surface area contributed by atoms with Crippen molar-refractivity contribution in [3.8, 4) is 5.88 Å². The maximum Gasteiger partial charge on any atom is 0.213 e. The third-order valence-corrected chi connectivity index (χ3v) is 3.87. The number of hydrogen-bond donors (Lipinski definition) is 2. The second kappa shape index (κ2) is 4.28. The molecule has 3 aromatic rings. The molecule has 0 aliphatic rings. The fourth-order valence-electron chi connectivity index (χ4n) is 2.45. The summed E-state index contributed by atoms with van der Waals surface area (Å²) in [6.45, 7) is 0. The first-order valence-corrected chi connectivity index (χ1v) is 6.48. The van der Waals surface area contributed by atoms with Gasteiger partial charge < -0.3 is 14.7 Å². The minimum atomic E-state index is 0.206.